The van der Waals surface area contributed by atoms with Crippen LogP contribution in [0, 0.1) is 5.92 Å². The lowest BCUT2D eigenvalue weighted by atomic mass is 10.0. The zero-order chi connectivity index (χ0) is 11.5. The summed E-state index contributed by atoms with van der Waals surface area (Å²) in [4.78, 5) is 13.7. The van der Waals surface area contributed by atoms with Crippen molar-refractivity contribution in [2.24, 2.45) is 5.92 Å². The van der Waals surface area contributed by atoms with Crippen LogP contribution in [0.3, 0.4) is 0 Å². The van der Waals surface area contributed by atoms with Crippen molar-refractivity contribution in [1.82, 2.24) is 15.1 Å². The molecule has 16 heavy (non-hydrogen) atoms. The predicted molar refractivity (Wildman–Crippen MR) is 58.7 cm³/mol. The van der Waals surface area contributed by atoms with Crippen LogP contribution in [-0.2, 0) is 11.2 Å². The smallest absolute Gasteiger partial charge is 0.228 e. The van der Waals surface area contributed by atoms with Gasteiger partial charge >= 0.3 is 0 Å². The van der Waals surface area contributed by atoms with Gasteiger partial charge in [0, 0.05) is 30.9 Å². The Morgan fingerprint density at radius 3 is 3.19 bits per heavy atom. The summed E-state index contributed by atoms with van der Waals surface area (Å²) in [6, 6.07) is 1.81. The fourth-order valence-electron chi connectivity index (χ4n) is 2.07. The third-order valence-corrected chi connectivity index (χ3v) is 3.16. The lowest BCUT2D eigenvalue weighted by molar-refractivity contribution is -0.129. The number of aromatic amines is 1. The molecule has 0 bridgehead atoms. The molecule has 88 valence electrons. The van der Waals surface area contributed by atoms with Gasteiger partial charge in [0.05, 0.1) is 12.5 Å². The second-order valence-corrected chi connectivity index (χ2v) is 4.39. The van der Waals surface area contributed by atoms with Crippen molar-refractivity contribution in [3.63, 3.8) is 0 Å². The first-order valence-electron chi connectivity index (χ1n) is 5.61. The minimum Gasteiger partial charge on any atom is -0.393 e. The van der Waals surface area contributed by atoms with Crippen molar-refractivity contribution in [1.29, 1.82) is 0 Å². The van der Waals surface area contributed by atoms with Crippen molar-refractivity contribution in [3.8, 4) is 0 Å². The molecule has 0 aliphatic carbocycles. The van der Waals surface area contributed by atoms with E-state index in [4.69, 9.17) is 0 Å². The van der Waals surface area contributed by atoms with E-state index in [-0.39, 0.29) is 17.9 Å². The third-order valence-electron chi connectivity index (χ3n) is 3.16. The van der Waals surface area contributed by atoms with E-state index in [1.807, 2.05) is 4.90 Å². The zero-order valence-electron chi connectivity index (χ0n) is 9.39. The quantitative estimate of drug-likeness (QED) is 0.768. The van der Waals surface area contributed by atoms with E-state index in [2.05, 4.69) is 10.2 Å². The number of rotatable bonds is 3. The number of hydrogen-bond acceptors (Lipinski definition) is 3. The van der Waals surface area contributed by atoms with Crippen LogP contribution in [0.4, 0.5) is 0 Å². The van der Waals surface area contributed by atoms with Crippen molar-refractivity contribution in [3.05, 3.63) is 18.0 Å². The number of hydrogen-bond donors (Lipinski definition) is 2. The van der Waals surface area contributed by atoms with Gasteiger partial charge < -0.3 is 10.0 Å². The molecular formula is C11H17N3O2. The van der Waals surface area contributed by atoms with E-state index < -0.39 is 0 Å². The summed E-state index contributed by atoms with van der Waals surface area (Å²) in [7, 11) is 0. The van der Waals surface area contributed by atoms with Gasteiger partial charge in [-0.15, -0.1) is 0 Å². The number of nitrogens with one attached hydrogen (secondary N) is 1. The number of carbonyl (C=O) groups excluding carboxylic acids is 1. The Morgan fingerprint density at radius 2 is 2.62 bits per heavy atom. The van der Waals surface area contributed by atoms with Gasteiger partial charge in [-0.2, -0.15) is 5.10 Å². The van der Waals surface area contributed by atoms with Crippen LogP contribution >= 0.6 is 0 Å². The second-order valence-electron chi connectivity index (χ2n) is 4.39. The molecule has 0 aromatic carbocycles. The molecule has 1 amide bonds. The number of H-pyrrole nitrogens is 1. The van der Waals surface area contributed by atoms with E-state index in [0.29, 0.717) is 13.0 Å². The number of aliphatic hydroxyl groups excluding tert-OH is 1. The molecule has 0 radical (unpaired) electrons. The van der Waals surface area contributed by atoms with E-state index in [0.717, 1.165) is 18.7 Å². The van der Waals surface area contributed by atoms with Crippen LogP contribution < -0.4 is 0 Å². The Labute approximate surface area is 94.5 Å². The Bertz CT molecular complexity index is 348. The highest BCUT2D eigenvalue weighted by Crippen LogP contribution is 2.20. The van der Waals surface area contributed by atoms with Crippen LogP contribution in [-0.4, -0.2) is 45.3 Å². The highest BCUT2D eigenvalue weighted by Gasteiger charge is 2.28. The minimum atomic E-state index is -0.329. The van der Waals surface area contributed by atoms with Crippen molar-refractivity contribution in [2.45, 2.75) is 25.9 Å². The molecular weight excluding hydrogens is 206 g/mol. The average molecular weight is 223 g/mol. The summed E-state index contributed by atoms with van der Waals surface area (Å²) in [6.07, 6.45) is 2.58. The van der Waals surface area contributed by atoms with E-state index in [9.17, 15) is 9.90 Å². The predicted octanol–water partition coefficient (Wildman–Crippen LogP) is 0.181. The maximum absolute atomic E-state index is 11.9. The number of amides is 1. The van der Waals surface area contributed by atoms with Gasteiger partial charge in [0.2, 0.25) is 5.91 Å². The Balaban J connectivity index is 1.87. The van der Waals surface area contributed by atoms with Crippen LogP contribution in [0.5, 0.6) is 0 Å². The molecule has 2 unspecified atom stereocenters. The molecule has 2 atom stereocenters. The first kappa shape index (κ1) is 11.1. The molecule has 1 aromatic heterocycles. The monoisotopic (exact) mass is 223 g/mol. The minimum absolute atomic E-state index is 0.104. The SMILES string of the molecule is CC(O)C1CCN(C(=O)Cc2ccn[nH]2)C1. The van der Waals surface area contributed by atoms with Crippen molar-refractivity contribution < 1.29 is 9.90 Å². The second kappa shape index (κ2) is 4.65. The molecule has 1 saturated heterocycles. The van der Waals surface area contributed by atoms with Gasteiger partial charge in [0.25, 0.3) is 0 Å². The average Bonchev–Trinajstić information content (AvgIpc) is 2.86. The van der Waals surface area contributed by atoms with Gasteiger partial charge in [-0.05, 0) is 19.4 Å². The van der Waals surface area contributed by atoms with Crippen LogP contribution in [0.1, 0.15) is 19.0 Å². The topological polar surface area (TPSA) is 69.2 Å². The number of carbonyl (C=O) groups is 1. The molecule has 5 nitrogen and oxygen atoms in total. The van der Waals surface area contributed by atoms with Crippen LogP contribution in [0.15, 0.2) is 12.3 Å². The zero-order valence-corrected chi connectivity index (χ0v) is 9.39. The number of aromatic nitrogens is 2. The molecule has 2 N–H and O–H groups in total. The first-order chi connectivity index (χ1) is 7.66. The first-order valence-corrected chi connectivity index (χ1v) is 5.61. The molecule has 2 rings (SSSR count). The number of aliphatic hydroxyl groups is 1. The van der Waals surface area contributed by atoms with Gasteiger partial charge in [-0.1, -0.05) is 0 Å². The fourth-order valence-corrected chi connectivity index (χ4v) is 2.07. The summed E-state index contributed by atoms with van der Waals surface area (Å²) >= 11 is 0. The number of nitrogens with zero attached hydrogens (tertiary/aromatic N) is 2. The van der Waals surface area contributed by atoms with Gasteiger partial charge in [0.15, 0.2) is 0 Å². The van der Waals surface area contributed by atoms with E-state index in [1.165, 1.54) is 0 Å². The van der Waals surface area contributed by atoms with Gasteiger partial charge in [0.1, 0.15) is 0 Å². The summed E-state index contributed by atoms with van der Waals surface area (Å²) in [6.45, 7) is 3.21. The van der Waals surface area contributed by atoms with Crippen molar-refractivity contribution in [2.75, 3.05) is 13.1 Å². The maximum Gasteiger partial charge on any atom is 0.228 e. The molecule has 2 heterocycles. The highest BCUT2D eigenvalue weighted by atomic mass is 16.3. The molecule has 1 aromatic rings. The van der Waals surface area contributed by atoms with Crippen LogP contribution in [0.25, 0.3) is 0 Å². The summed E-state index contributed by atoms with van der Waals surface area (Å²) in [5, 5.41) is 16.0. The lowest BCUT2D eigenvalue weighted by Gasteiger charge is -2.17. The third kappa shape index (κ3) is 2.41. The Hall–Kier alpha value is -1.36. The summed E-state index contributed by atoms with van der Waals surface area (Å²) in [5.74, 6) is 0.332. The molecule has 1 aliphatic rings. The standard InChI is InChI=1S/C11H17N3O2/c1-8(15)9-3-5-14(7-9)11(16)6-10-2-4-12-13-10/h2,4,8-9,15H,3,5-7H2,1H3,(H,12,13). The number of likely N-dealkylation sites (tertiary alicyclic amines) is 1. The van der Waals surface area contributed by atoms with E-state index in [1.54, 1.807) is 19.2 Å². The molecule has 5 heteroatoms. The van der Waals surface area contributed by atoms with Gasteiger partial charge in [-0.25, -0.2) is 0 Å². The maximum atomic E-state index is 11.9. The molecule has 0 saturated carbocycles. The van der Waals surface area contributed by atoms with E-state index >= 15 is 0 Å². The van der Waals surface area contributed by atoms with Gasteiger partial charge in [-0.3, -0.25) is 9.89 Å². The largest absolute Gasteiger partial charge is 0.393 e. The summed E-state index contributed by atoms with van der Waals surface area (Å²) < 4.78 is 0. The van der Waals surface area contributed by atoms with Crippen molar-refractivity contribution >= 4 is 5.91 Å². The highest BCUT2D eigenvalue weighted by molar-refractivity contribution is 5.78. The van der Waals surface area contributed by atoms with Crippen LogP contribution in [0.2, 0.25) is 0 Å². The normalized spacial score (nSPS) is 22.4. The molecule has 1 aliphatic heterocycles. The summed E-state index contributed by atoms with van der Waals surface area (Å²) in [5.41, 5.74) is 0.838. The fraction of sp³-hybridized carbons (Fsp3) is 0.636. The lowest BCUT2D eigenvalue weighted by Crippen LogP contribution is -2.31. The Kier molecular flexibility index (Phi) is 3.24. The molecule has 1 fully saturated rings. The Morgan fingerprint density at radius 1 is 1.81 bits per heavy atom. The molecule has 0 spiro atoms.